The van der Waals surface area contributed by atoms with E-state index in [9.17, 15) is 4.79 Å². The minimum atomic E-state index is -0.556. The molecule has 0 N–H and O–H groups in total. The molecule has 3 nitrogen and oxygen atoms in total. The number of ether oxygens (including phenoxy) is 1. The maximum atomic E-state index is 12.0. The lowest BCUT2D eigenvalue weighted by Gasteiger charge is -2.52. The second-order valence-electron chi connectivity index (χ2n) is 8.54. The fraction of sp³-hybridized carbons (Fsp3) is 0.480. The average Bonchev–Trinajstić information content (AvgIpc) is 2.75. The molecule has 0 radical (unpaired) electrons. The molecule has 0 atom stereocenters. The predicted octanol–water partition coefficient (Wildman–Crippen LogP) is 6.05. The molecule has 29 heavy (non-hydrogen) atoms. The Morgan fingerprint density at radius 2 is 1.48 bits per heavy atom. The van der Waals surface area contributed by atoms with Gasteiger partial charge < -0.3 is 4.74 Å². The monoisotopic (exact) mass is 411 g/mol. The predicted molar refractivity (Wildman–Crippen MR) is 117 cm³/mol. The first-order valence-corrected chi connectivity index (χ1v) is 11.2. The summed E-state index contributed by atoms with van der Waals surface area (Å²) in [7, 11) is 0. The van der Waals surface area contributed by atoms with Crippen molar-refractivity contribution in [2.45, 2.75) is 63.0 Å². The van der Waals surface area contributed by atoms with Crippen molar-refractivity contribution in [2.24, 2.45) is 0 Å². The largest absolute Gasteiger partial charge is 0.454 e. The Bertz CT molecular complexity index is 820. The van der Waals surface area contributed by atoms with Crippen molar-refractivity contribution in [3.05, 3.63) is 70.7 Å². The summed E-state index contributed by atoms with van der Waals surface area (Å²) in [5, 5.41) is 0.703. The van der Waals surface area contributed by atoms with Crippen LogP contribution in [-0.2, 0) is 20.7 Å². The Morgan fingerprint density at radius 3 is 2.07 bits per heavy atom. The maximum absolute atomic E-state index is 12.0. The summed E-state index contributed by atoms with van der Waals surface area (Å²) in [6, 6.07) is 18.8. The van der Waals surface area contributed by atoms with Gasteiger partial charge in [-0.25, -0.2) is 0 Å². The van der Waals surface area contributed by atoms with Gasteiger partial charge in [-0.05, 0) is 36.1 Å². The lowest BCUT2D eigenvalue weighted by atomic mass is 9.73. The standard InChI is InChI=1S/C25H30ClNO2/c1-20(28)29-25(22-10-12-23(26)13-11-22)16-18-27(19-17-25)24(14-6-3-7-15-24)21-8-4-2-5-9-21/h2,4-5,8-13H,3,6-7,14-19H2,1H3. The number of nitrogens with zero attached hydrogens (tertiary/aromatic N) is 1. The molecular formula is C25H30ClNO2. The average molecular weight is 412 g/mol. The van der Waals surface area contributed by atoms with Crippen molar-refractivity contribution in [3.63, 3.8) is 0 Å². The summed E-state index contributed by atoms with van der Waals surface area (Å²) in [6.45, 7) is 3.35. The molecule has 2 aromatic rings. The third-order valence-electron chi connectivity index (χ3n) is 6.88. The fourth-order valence-electron chi connectivity index (χ4n) is 5.45. The first-order chi connectivity index (χ1) is 14.0. The third-order valence-corrected chi connectivity index (χ3v) is 7.13. The van der Waals surface area contributed by atoms with Crippen LogP contribution < -0.4 is 0 Å². The number of benzene rings is 2. The zero-order chi connectivity index (χ0) is 20.3. The maximum Gasteiger partial charge on any atom is 0.303 e. The Hall–Kier alpha value is -1.84. The van der Waals surface area contributed by atoms with Crippen LogP contribution in [0.15, 0.2) is 54.6 Å². The molecule has 1 aliphatic heterocycles. The van der Waals surface area contributed by atoms with Gasteiger partial charge in [-0.2, -0.15) is 0 Å². The van der Waals surface area contributed by atoms with Gasteiger partial charge in [-0.3, -0.25) is 9.69 Å². The quantitative estimate of drug-likeness (QED) is 0.573. The lowest BCUT2D eigenvalue weighted by Crippen LogP contribution is -2.54. The number of rotatable bonds is 4. The summed E-state index contributed by atoms with van der Waals surface area (Å²) in [6.07, 6.45) is 7.91. The Labute approximate surface area is 179 Å². The topological polar surface area (TPSA) is 29.5 Å². The van der Waals surface area contributed by atoms with Gasteiger partial charge in [-0.1, -0.05) is 73.3 Å². The van der Waals surface area contributed by atoms with Crippen LogP contribution in [0.5, 0.6) is 0 Å². The number of piperidine rings is 1. The summed E-state index contributed by atoms with van der Waals surface area (Å²) in [4.78, 5) is 14.6. The Kier molecular flexibility index (Phi) is 5.98. The van der Waals surface area contributed by atoms with Crippen LogP contribution >= 0.6 is 11.6 Å². The smallest absolute Gasteiger partial charge is 0.303 e. The van der Waals surface area contributed by atoms with Gasteiger partial charge in [0.05, 0.1) is 0 Å². The van der Waals surface area contributed by atoms with Crippen LogP contribution in [0.3, 0.4) is 0 Å². The van der Waals surface area contributed by atoms with Gasteiger partial charge in [0, 0.05) is 43.4 Å². The summed E-state index contributed by atoms with van der Waals surface area (Å²) < 4.78 is 5.97. The van der Waals surface area contributed by atoms with E-state index in [1.54, 1.807) is 0 Å². The van der Waals surface area contributed by atoms with Gasteiger partial charge in [0.2, 0.25) is 0 Å². The van der Waals surface area contributed by atoms with Crippen LogP contribution in [0.25, 0.3) is 0 Å². The number of esters is 1. The van der Waals surface area contributed by atoms with E-state index in [0.29, 0.717) is 5.02 Å². The molecule has 4 rings (SSSR count). The highest BCUT2D eigenvalue weighted by Crippen LogP contribution is 2.46. The summed E-state index contributed by atoms with van der Waals surface area (Å²) in [5.41, 5.74) is 2.04. The number of hydrogen-bond donors (Lipinski definition) is 0. The molecular weight excluding hydrogens is 382 g/mol. The molecule has 1 saturated carbocycles. The fourth-order valence-corrected chi connectivity index (χ4v) is 5.57. The highest BCUT2D eigenvalue weighted by atomic mass is 35.5. The van der Waals surface area contributed by atoms with E-state index in [4.69, 9.17) is 16.3 Å². The Morgan fingerprint density at radius 1 is 0.862 bits per heavy atom. The first-order valence-electron chi connectivity index (χ1n) is 10.8. The first kappa shape index (κ1) is 20.4. The van der Waals surface area contributed by atoms with E-state index < -0.39 is 5.60 Å². The molecule has 2 aliphatic rings. The minimum absolute atomic E-state index is 0.113. The molecule has 1 heterocycles. The number of carbonyl (C=O) groups is 1. The van der Waals surface area contributed by atoms with Crippen molar-refractivity contribution >= 4 is 17.6 Å². The molecule has 0 unspecified atom stereocenters. The summed E-state index contributed by atoms with van der Waals surface area (Å²) in [5.74, 6) is -0.219. The highest BCUT2D eigenvalue weighted by Gasteiger charge is 2.46. The zero-order valence-electron chi connectivity index (χ0n) is 17.2. The van der Waals surface area contributed by atoms with Crippen molar-refractivity contribution in [3.8, 4) is 0 Å². The molecule has 1 aliphatic carbocycles. The van der Waals surface area contributed by atoms with Crippen LogP contribution in [0, 0.1) is 0 Å². The minimum Gasteiger partial charge on any atom is -0.454 e. The van der Waals surface area contributed by atoms with Gasteiger partial charge in [-0.15, -0.1) is 0 Å². The molecule has 154 valence electrons. The number of carbonyl (C=O) groups excluding carboxylic acids is 1. The van der Waals surface area contributed by atoms with Gasteiger partial charge in [0.1, 0.15) is 5.60 Å². The van der Waals surface area contributed by atoms with E-state index in [2.05, 4.69) is 35.2 Å². The van der Waals surface area contributed by atoms with Gasteiger partial charge in [0.15, 0.2) is 0 Å². The molecule has 2 fully saturated rings. The second kappa shape index (κ2) is 8.49. The third kappa shape index (κ3) is 4.08. The van der Waals surface area contributed by atoms with Crippen LogP contribution in [-0.4, -0.2) is 24.0 Å². The van der Waals surface area contributed by atoms with Crippen molar-refractivity contribution < 1.29 is 9.53 Å². The molecule has 0 spiro atoms. The van der Waals surface area contributed by atoms with E-state index in [-0.39, 0.29) is 11.5 Å². The molecule has 4 heteroatoms. The number of hydrogen-bond acceptors (Lipinski definition) is 3. The molecule has 0 amide bonds. The van der Waals surface area contributed by atoms with Crippen LogP contribution in [0.4, 0.5) is 0 Å². The normalized spacial score (nSPS) is 21.4. The van der Waals surface area contributed by atoms with Crippen molar-refractivity contribution in [1.82, 2.24) is 4.90 Å². The van der Waals surface area contributed by atoms with Gasteiger partial charge in [0.25, 0.3) is 0 Å². The second-order valence-corrected chi connectivity index (χ2v) is 8.98. The van der Waals surface area contributed by atoms with Gasteiger partial charge >= 0.3 is 5.97 Å². The van der Waals surface area contributed by atoms with E-state index >= 15 is 0 Å². The van der Waals surface area contributed by atoms with E-state index in [1.165, 1.54) is 44.6 Å². The Balaban J connectivity index is 1.61. The van der Waals surface area contributed by atoms with E-state index in [1.807, 2.05) is 24.3 Å². The zero-order valence-corrected chi connectivity index (χ0v) is 18.0. The molecule has 2 aromatic carbocycles. The highest BCUT2D eigenvalue weighted by molar-refractivity contribution is 6.30. The molecule has 0 aromatic heterocycles. The summed E-state index contributed by atoms with van der Waals surface area (Å²) >= 11 is 6.10. The number of halogens is 1. The SMILES string of the molecule is CC(=O)OC1(c2ccc(Cl)cc2)CCN(C2(c3ccccc3)CCCCC2)CC1. The van der Waals surface area contributed by atoms with Crippen molar-refractivity contribution in [2.75, 3.05) is 13.1 Å². The molecule has 0 bridgehead atoms. The molecule has 1 saturated heterocycles. The lowest BCUT2D eigenvalue weighted by molar-refractivity contribution is -0.167. The van der Waals surface area contributed by atoms with E-state index in [0.717, 1.165) is 31.5 Å². The van der Waals surface area contributed by atoms with Crippen molar-refractivity contribution in [1.29, 1.82) is 0 Å². The van der Waals surface area contributed by atoms with Crippen LogP contribution in [0.2, 0.25) is 5.02 Å². The number of likely N-dealkylation sites (tertiary alicyclic amines) is 1. The van der Waals surface area contributed by atoms with Crippen LogP contribution in [0.1, 0.15) is 63.0 Å².